The van der Waals surface area contributed by atoms with Crippen LogP contribution in [0.2, 0.25) is 0 Å². The van der Waals surface area contributed by atoms with E-state index in [2.05, 4.69) is 101 Å². The van der Waals surface area contributed by atoms with Gasteiger partial charge in [0.1, 0.15) is 0 Å². The molecule has 0 bridgehead atoms. The van der Waals surface area contributed by atoms with Gasteiger partial charge in [-0.15, -0.1) is 0 Å². The Morgan fingerprint density at radius 3 is 1.13 bits per heavy atom. The van der Waals surface area contributed by atoms with E-state index in [1.165, 1.54) is 54.9 Å². The largest absolute Gasteiger partial charge is 0.0795 e. The molecule has 0 amide bonds. The third kappa shape index (κ3) is 2.82. The summed E-state index contributed by atoms with van der Waals surface area (Å²) in [5.41, 5.74) is 11.8. The Morgan fingerprint density at radius 2 is 0.800 bits per heavy atom. The molecule has 0 atom stereocenters. The lowest BCUT2D eigenvalue weighted by molar-refractivity contribution is 1.16. The minimum Gasteiger partial charge on any atom is -0.0795 e. The Morgan fingerprint density at radius 1 is 0.467 bits per heavy atom. The summed E-state index contributed by atoms with van der Waals surface area (Å²) in [6, 6.07) is 17.3. The Balaban J connectivity index is 0.000000130. The van der Waals surface area contributed by atoms with Crippen LogP contribution in [0, 0.1) is 27.7 Å². The van der Waals surface area contributed by atoms with Gasteiger partial charge < -0.3 is 0 Å². The molecular weight excluding hydrogens is 360 g/mol. The van der Waals surface area contributed by atoms with Gasteiger partial charge in [-0.25, -0.2) is 0 Å². The zero-order valence-electron chi connectivity index (χ0n) is 18.3. The van der Waals surface area contributed by atoms with E-state index in [1.54, 1.807) is 11.1 Å². The van der Waals surface area contributed by atoms with E-state index in [4.69, 9.17) is 0 Å². The molecular formula is C30H28. The second-order valence-electron chi connectivity index (χ2n) is 8.59. The third-order valence-corrected chi connectivity index (χ3v) is 7.05. The molecule has 6 rings (SSSR count). The first-order valence-electron chi connectivity index (χ1n) is 10.9. The van der Waals surface area contributed by atoms with Crippen molar-refractivity contribution < 1.29 is 0 Å². The molecule has 0 aliphatic heterocycles. The van der Waals surface area contributed by atoms with E-state index in [0.29, 0.717) is 0 Å². The summed E-state index contributed by atoms with van der Waals surface area (Å²) in [4.78, 5) is 0. The third-order valence-electron chi connectivity index (χ3n) is 7.05. The quantitative estimate of drug-likeness (QED) is 0.267. The summed E-state index contributed by atoms with van der Waals surface area (Å²) in [7, 11) is 0. The topological polar surface area (TPSA) is 0 Å². The minimum absolute atomic E-state index is 1.13. The van der Waals surface area contributed by atoms with Crippen molar-refractivity contribution in [3.05, 3.63) is 105 Å². The Labute approximate surface area is 179 Å². The molecule has 30 heavy (non-hydrogen) atoms. The van der Waals surface area contributed by atoms with E-state index >= 15 is 0 Å². The molecule has 0 N–H and O–H groups in total. The summed E-state index contributed by atoms with van der Waals surface area (Å²) >= 11 is 0. The SMILES string of the molecule is Cc1c2c(c(C)c3c1CC=C3)CC=C2.Cc1c2ccccc2c(C)c2ccccc12. The molecule has 0 nitrogen and oxygen atoms in total. The summed E-state index contributed by atoms with van der Waals surface area (Å²) in [5.74, 6) is 0. The van der Waals surface area contributed by atoms with Crippen LogP contribution in [0.25, 0.3) is 33.7 Å². The fraction of sp³-hybridized carbons (Fsp3) is 0.200. The monoisotopic (exact) mass is 388 g/mol. The lowest BCUT2D eigenvalue weighted by atomic mass is 9.90. The number of rotatable bonds is 0. The molecule has 4 aromatic carbocycles. The van der Waals surface area contributed by atoms with Gasteiger partial charge in [0.2, 0.25) is 0 Å². The van der Waals surface area contributed by atoms with Gasteiger partial charge >= 0.3 is 0 Å². The van der Waals surface area contributed by atoms with E-state index in [1.807, 2.05) is 0 Å². The first-order chi connectivity index (χ1) is 14.6. The van der Waals surface area contributed by atoms with Gasteiger partial charge in [0.25, 0.3) is 0 Å². The van der Waals surface area contributed by atoms with Crippen LogP contribution in [0.3, 0.4) is 0 Å². The molecule has 4 aromatic rings. The maximum Gasteiger partial charge on any atom is -0.00852 e. The van der Waals surface area contributed by atoms with Gasteiger partial charge in [-0.3, -0.25) is 0 Å². The maximum atomic E-state index is 2.29. The summed E-state index contributed by atoms with van der Waals surface area (Å²) in [6.45, 7) is 8.95. The van der Waals surface area contributed by atoms with Crippen molar-refractivity contribution >= 4 is 33.7 Å². The number of hydrogen-bond acceptors (Lipinski definition) is 0. The highest BCUT2D eigenvalue weighted by molar-refractivity contribution is 6.05. The normalized spacial score (nSPS) is 13.5. The van der Waals surface area contributed by atoms with Crippen LogP contribution in [-0.4, -0.2) is 0 Å². The lowest BCUT2D eigenvalue weighted by Gasteiger charge is -2.14. The van der Waals surface area contributed by atoms with Crippen molar-refractivity contribution in [2.24, 2.45) is 0 Å². The molecule has 0 spiro atoms. The molecule has 0 fully saturated rings. The highest BCUT2D eigenvalue weighted by Crippen LogP contribution is 2.36. The van der Waals surface area contributed by atoms with Crippen LogP contribution in [-0.2, 0) is 12.8 Å². The molecule has 0 heterocycles. The van der Waals surface area contributed by atoms with Crippen molar-refractivity contribution in [1.82, 2.24) is 0 Å². The zero-order chi connectivity index (χ0) is 20.8. The number of hydrogen-bond donors (Lipinski definition) is 0. The van der Waals surface area contributed by atoms with E-state index in [9.17, 15) is 0 Å². The maximum absolute atomic E-state index is 2.29. The number of benzene rings is 4. The second kappa shape index (κ2) is 7.29. The van der Waals surface area contributed by atoms with E-state index < -0.39 is 0 Å². The van der Waals surface area contributed by atoms with Crippen molar-refractivity contribution in [1.29, 1.82) is 0 Å². The van der Waals surface area contributed by atoms with Gasteiger partial charge in [0.05, 0.1) is 0 Å². The van der Waals surface area contributed by atoms with Crippen LogP contribution in [0.4, 0.5) is 0 Å². The molecule has 0 aromatic heterocycles. The molecule has 0 saturated carbocycles. The Hall–Kier alpha value is -3.12. The van der Waals surface area contributed by atoms with E-state index in [-0.39, 0.29) is 0 Å². The predicted molar refractivity (Wildman–Crippen MR) is 132 cm³/mol. The van der Waals surface area contributed by atoms with Gasteiger partial charge in [0.15, 0.2) is 0 Å². The fourth-order valence-corrected chi connectivity index (χ4v) is 5.31. The Kier molecular flexibility index (Phi) is 4.59. The van der Waals surface area contributed by atoms with Crippen LogP contribution in [0.15, 0.2) is 60.7 Å². The fourth-order valence-electron chi connectivity index (χ4n) is 5.31. The first kappa shape index (κ1) is 18.9. The van der Waals surface area contributed by atoms with Crippen molar-refractivity contribution in [3.63, 3.8) is 0 Å². The van der Waals surface area contributed by atoms with Crippen LogP contribution >= 0.6 is 0 Å². The summed E-state index contributed by atoms with van der Waals surface area (Å²) in [5, 5.41) is 5.50. The molecule has 0 unspecified atom stereocenters. The predicted octanol–water partition coefficient (Wildman–Crippen LogP) is 8.05. The molecule has 148 valence electrons. The number of allylic oxidation sites excluding steroid dienone is 2. The van der Waals surface area contributed by atoms with Gasteiger partial charge in [-0.05, 0) is 107 Å². The summed E-state index contributed by atoms with van der Waals surface area (Å²) < 4.78 is 0. The lowest BCUT2D eigenvalue weighted by Crippen LogP contribution is -1.99. The van der Waals surface area contributed by atoms with Crippen LogP contribution < -0.4 is 0 Å². The van der Waals surface area contributed by atoms with Crippen LogP contribution in [0.5, 0.6) is 0 Å². The average molecular weight is 389 g/mol. The standard InChI is InChI=1S/C16H14.C14H14/c1-11-13-7-3-5-9-15(13)12(2)16-10-6-4-8-14(11)16;1-9-11-5-3-7-13(11)10(2)14-8-4-6-12(9)14/h3-10H,1-2H3;3-5,8H,6-7H2,1-2H3. The van der Waals surface area contributed by atoms with Crippen molar-refractivity contribution in [2.75, 3.05) is 0 Å². The van der Waals surface area contributed by atoms with Crippen molar-refractivity contribution in [3.8, 4) is 0 Å². The highest BCUT2D eigenvalue weighted by Gasteiger charge is 2.19. The number of aryl methyl sites for hydroxylation is 2. The van der Waals surface area contributed by atoms with Gasteiger partial charge in [-0.2, -0.15) is 0 Å². The molecule has 2 aliphatic carbocycles. The van der Waals surface area contributed by atoms with E-state index in [0.717, 1.165) is 12.8 Å². The minimum atomic E-state index is 1.13. The second-order valence-corrected chi connectivity index (χ2v) is 8.59. The van der Waals surface area contributed by atoms with Crippen LogP contribution in [0.1, 0.15) is 44.5 Å². The summed E-state index contributed by atoms with van der Waals surface area (Å²) in [6.07, 6.45) is 11.4. The smallest absolute Gasteiger partial charge is 0.00852 e. The van der Waals surface area contributed by atoms with Gasteiger partial charge in [-0.1, -0.05) is 72.8 Å². The molecule has 0 heteroatoms. The highest BCUT2D eigenvalue weighted by atomic mass is 14.2. The number of fused-ring (bicyclic) bond motifs is 4. The molecule has 0 radical (unpaired) electrons. The molecule has 0 saturated heterocycles. The first-order valence-corrected chi connectivity index (χ1v) is 10.9. The van der Waals surface area contributed by atoms with Gasteiger partial charge in [0, 0.05) is 0 Å². The average Bonchev–Trinajstić information content (AvgIpc) is 3.47. The molecule has 2 aliphatic rings. The Bertz CT molecular complexity index is 1200. The van der Waals surface area contributed by atoms with Crippen molar-refractivity contribution in [2.45, 2.75) is 40.5 Å². The zero-order valence-corrected chi connectivity index (χ0v) is 18.3.